The SMILES string of the molecule is CC1=Nc2c(c(=O)[nH]n2C2CCCCCCC2)[C@H](C(F)(F)F)S1. The summed E-state index contributed by atoms with van der Waals surface area (Å²) < 4.78 is 41.5. The molecule has 1 N–H and O–H groups in total. The number of nitrogens with one attached hydrogen (secondary N) is 1. The fourth-order valence-electron chi connectivity index (χ4n) is 3.40. The molecule has 4 nitrogen and oxygen atoms in total. The van der Waals surface area contributed by atoms with Gasteiger partial charge in [-0.25, -0.2) is 4.99 Å². The number of aromatic nitrogens is 2. The molecule has 23 heavy (non-hydrogen) atoms. The number of rotatable bonds is 1. The third kappa shape index (κ3) is 3.36. The number of hydrogen-bond donors (Lipinski definition) is 1. The summed E-state index contributed by atoms with van der Waals surface area (Å²) in [5, 5.41) is 1.16. The standard InChI is InChI=1S/C15H20F3N3OS/c1-9-19-13-11(12(23-9)15(16,17)18)14(22)20-21(13)10-7-5-3-2-4-6-8-10/h10,12H,2-8H2,1H3,(H,20,22)/t12-/m1/s1. The van der Waals surface area contributed by atoms with Gasteiger partial charge in [-0.15, -0.1) is 0 Å². The van der Waals surface area contributed by atoms with Crippen molar-refractivity contribution in [3.05, 3.63) is 15.9 Å². The van der Waals surface area contributed by atoms with Crippen molar-refractivity contribution >= 4 is 22.6 Å². The molecule has 1 saturated carbocycles. The van der Waals surface area contributed by atoms with Crippen LogP contribution in [-0.2, 0) is 0 Å². The Labute approximate surface area is 136 Å². The van der Waals surface area contributed by atoms with Gasteiger partial charge in [-0.2, -0.15) is 13.2 Å². The van der Waals surface area contributed by atoms with E-state index in [1.807, 2.05) is 0 Å². The maximum Gasteiger partial charge on any atom is 0.405 e. The lowest BCUT2D eigenvalue weighted by Gasteiger charge is -2.25. The Morgan fingerprint density at radius 2 is 1.78 bits per heavy atom. The van der Waals surface area contributed by atoms with Gasteiger partial charge in [-0.05, 0) is 19.8 Å². The summed E-state index contributed by atoms with van der Waals surface area (Å²) in [5.41, 5.74) is -0.900. The van der Waals surface area contributed by atoms with E-state index in [0.29, 0.717) is 16.8 Å². The zero-order valence-corrected chi connectivity index (χ0v) is 13.8. The summed E-state index contributed by atoms with van der Waals surface area (Å²) in [6, 6.07) is 0.0280. The molecule has 0 amide bonds. The summed E-state index contributed by atoms with van der Waals surface area (Å²) in [5.74, 6) is 0.180. The highest BCUT2D eigenvalue weighted by atomic mass is 32.2. The van der Waals surface area contributed by atoms with E-state index in [9.17, 15) is 18.0 Å². The van der Waals surface area contributed by atoms with Crippen LogP contribution in [0.25, 0.3) is 0 Å². The van der Waals surface area contributed by atoms with Crippen molar-refractivity contribution < 1.29 is 13.2 Å². The van der Waals surface area contributed by atoms with Crippen molar-refractivity contribution in [1.29, 1.82) is 0 Å². The lowest BCUT2D eigenvalue weighted by Crippen LogP contribution is -2.25. The van der Waals surface area contributed by atoms with Gasteiger partial charge < -0.3 is 0 Å². The normalized spacial score (nSPS) is 23.8. The quantitative estimate of drug-likeness (QED) is 0.788. The van der Waals surface area contributed by atoms with Crippen LogP contribution in [0.2, 0.25) is 0 Å². The molecule has 1 aromatic rings. The van der Waals surface area contributed by atoms with Crippen LogP contribution in [0.1, 0.15) is 68.7 Å². The molecule has 0 aromatic carbocycles. The largest absolute Gasteiger partial charge is 0.405 e. The van der Waals surface area contributed by atoms with Crippen LogP contribution in [0, 0.1) is 0 Å². The highest BCUT2D eigenvalue weighted by Crippen LogP contribution is 2.49. The second-order valence-electron chi connectivity index (χ2n) is 6.22. The van der Waals surface area contributed by atoms with Crippen molar-refractivity contribution in [3.63, 3.8) is 0 Å². The van der Waals surface area contributed by atoms with Gasteiger partial charge in [0.25, 0.3) is 5.56 Å². The highest BCUT2D eigenvalue weighted by molar-refractivity contribution is 8.14. The number of H-pyrrole nitrogens is 1. The van der Waals surface area contributed by atoms with Crippen LogP contribution < -0.4 is 5.56 Å². The van der Waals surface area contributed by atoms with E-state index in [2.05, 4.69) is 10.1 Å². The molecule has 0 spiro atoms. The van der Waals surface area contributed by atoms with E-state index < -0.39 is 17.0 Å². The molecular weight excluding hydrogens is 327 g/mol. The van der Waals surface area contributed by atoms with Crippen molar-refractivity contribution in [2.75, 3.05) is 0 Å². The molecule has 1 aromatic heterocycles. The minimum atomic E-state index is -4.46. The van der Waals surface area contributed by atoms with Gasteiger partial charge in [0.1, 0.15) is 5.25 Å². The number of alkyl halides is 3. The van der Waals surface area contributed by atoms with Crippen molar-refractivity contribution in [2.24, 2.45) is 4.99 Å². The monoisotopic (exact) mass is 347 g/mol. The summed E-state index contributed by atoms with van der Waals surface area (Å²) in [4.78, 5) is 16.5. The number of hydrogen-bond acceptors (Lipinski definition) is 3. The molecular formula is C15H20F3N3OS. The van der Waals surface area contributed by atoms with E-state index in [1.54, 1.807) is 11.6 Å². The molecule has 8 heteroatoms. The maximum atomic E-state index is 13.3. The van der Waals surface area contributed by atoms with Gasteiger partial charge in [0.2, 0.25) is 0 Å². The summed E-state index contributed by atoms with van der Waals surface area (Å²) in [6.07, 6.45) is 2.80. The molecule has 0 saturated heterocycles. The molecule has 1 aliphatic carbocycles. The molecule has 2 heterocycles. The van der Waals surface area contributed by atoms with Crippen LogP contribution in [0.5, 0.6) is 0 Å². The number of nitrogens with zero attached hydrogens (tertiary/aromatic N) is 2. The van der Waals surface area contributed by atoms with Gasteiger partial charge >= 0.3 is 6.18 Å². The Morgan fingerprint density at radius 3 is 2.39 bits per heavy atom. The lowest BCUT2D eigenvalue weighted by molar-refractivity contribution is -0.129. The van der Waals surface area contributed by atoms with Gasteiger partial charge in [-0.1, -0.05) is 43.9 Å². The molecule has 1 fully saturated rings. The van der Waals surface area contributed by atoms with E-state index >= 15 is 0 Å². The highest BCUT2D eigenvalue weighted by Gasteiger charge is 2.47. The first kappa shape index (κ1) is 16.7. The second-order valence-corrected chi connectivity index (χ2v) is 7.52. The molecule has 3 rings (SSSR count). The lowest BCUT2D eigenvalue weighted by atomic mass is 9.97. The molecule has 2 aliphatic rings. The second kappa shape index (κ2) is 6.37. The predicted octanol–water partition coefficient (Wildman–Crippen LogP) is 4.86. The van der Waals surface area contributed by atoms with E-state index in [1.165, 1.54) is 6.42 Å². The van der Waals surface area contributed by atoms with Crippen LogP contribution >= 0.6 is 11.8 Å². The van der Waals surface area contributed by atoms with Crippen molar-refractivity contribution in [2.45, 2.75) is 69.3 Å². The Morgan fingerprint density at radius 1 is 1.17 bits per heavy atom. The van der Waals surface area contributed by atoms with E-state index in [-0.39, 0.29) is 17.4 Å². The first-order valence-corrected chi connectivity index (χ1v) is 8.89. The smallest absolute Gasteiger partial charge is 0.268 e. The number of halogens is 3. The van der Waals surface area contributed by atoms with Crippen LogP contribution in [0.15, 0.2) is 9.79 Å². The number of aromatic amines is 1. The Kier molecular flexibility index (Phi) is 4.62. The van der Waals surface area contributed by atoms with Gasteiger partial charge in [0, 0.05) is 0 Å². The van der Waals surface area contributed by atoms with Crippen LogP contribution in [0.4, 0.5) is 19.0 Å². The molecule has 128 valence electrons. The minimum Gasteiger partial charge on any atom is -0.268 e. The van der Waals surface area contributed by atoms with E-state index in [0.717, 1.165) is 38.5 Å². The molecule has 1 atom stereocenters. The average Bonchev–Trinajstić information content (AvgIpc) is 2.73. The maximum absolute atomic E-state index is 13.3. The zero-order valence-electron chi connectivity index (χ0n) is 12.9. The van der Waals surface area contributed by atoms with Gasteiger partial charge in [0.15, 0.2) is 5.82 Å². The predicted molar refractivity (Wildman–Crippen MR) is 85.6 cm³/mol. The third-order valence-corrected chi connectivity index (χ3v) is 5.66. The Balaban J connectivity index is 2.03. The third-order valence-electron chi connectivity index (χ3n) is 4.49. The molecule has 0 bridgehead atoms. The van der Waals surface area contributed by atoms with Crippen LogP contribution in [-0.4, -0.2) is 21.0 Å². The first-order chi connectivity index (χ1) is 10.9. The Bertz CT molecular complexity index is 654. The number of thioether (sulfide) groups is 1. The summed E-state index contributed by atoms with van der Waals surface area (Å²) in [7, 11) is 0. The van der Waals surface area contributed by atoms with Crippen molar-refractivity contribution in [1.82, 2.24) is 9.78 Å². The Hall–Kier alpha value is -1.18. The van der Waals surface area contributed by atoms with E-state index in [4.69, 9.17) is 0 Å². The average molecular weight is 347 g/mol. The molecule has 0 unspecified atom stereocenters. The zero-order chi connectivity index (χ0) is 16.6. The fraction of sp³-hybridized carbons (Fsp3) is 0.733. The van der Waals surface area contributed by atoms with Crippen LogP contribution in [0.3, 0.4) is 0 Å². The number of fused-ring (bicyclic) bond motifs is 1. The first-order valence-electron chi connectivity index (χ1n) is 8.01. The minimum absolute atomic E-state index is 0.0280. The van der Waals surface area contributed by atoms with Gasteiger partial charge in [-0.3, -0.25) is 14.6 Å². The molecule has 1 aliphatic heterocycles. The topological polar surface area (TPSA) is 50.1 Å². The number of aliphatic imine (C=N–C) groups is 1. The fourth-order valence-corrected chi connectivity index (χ4v) is 4.34. The van der Waals surface area contributed by atoms with Crippen molar-refractivity contribution in [3.8, 4) is 0 Å². The summed E-state index contributed by atoms with van der Waals surface area (Å²) >= 11 is 0.609. The molecule has 0 radical (unpaired) electrons. The van der Waals surface area contributed by atoms with Gasteiger partial charge in [0.05, 0.1) is 16.6 Å². The summed E-state index contributed by atoms with van der Waals surface area (Å²) in [6.45, 7) is 1.56.